The highest BCUT2D eigenvalue weighted by molar-refractivity contribution is 14.1. The number of nitriles is 1. The number of hydrogen-bond donors (Lipinski definition) is 1. The first-order chi connectivity index (χ1) is 13.0. The van der Waals surface area contributed by atoms with Gasteiger partial charge in [0.2, 0.25) is 0 Å². The molecule has 6 nitrogen and oxygen atoms in total. The average Bonchev–Trinajstić information content (AvgIpc) is 2.61. The molecule has 138 valence electrons. The molecule has 0 aliphatic rings. The Morgan fingerprint density at radius 2 is 2.04 bits per heavy atom. The Labute approximate surface area is 185 Å². The van der Waals surface area contributed by atoms with Crippen LogP contribution in [0.1, 0.15) is 22.4 Å². The molecular formula is C19H16I2N4O2. The number of nitrogens with one attached hydrogen (secondary N) is 1. The number of ether oxygens (including phenoxy) is 2. The summed E-state index contributed by atoms with van der Waals surface area (Å²) in [6.45, 7) is 2.41. The number of benzene rings is 1. The van der Waals surface area contributed by atoms with Crippen LogP contribution in [0, 0.1) is 37.7 Å². The van der Waals surface area contributed by atoms with E-state index in [0.29, 0.717) is 18.0 Å². The topological polar surface area (TPSA) is 79.5 Å². The molecule has 0 unspecified atom stereocenters. The summed E-state index contributed by atoms with van der Waals surface area (Å²) < 4.78 is 12.6. The lowest BCUT2D eigenvalue weighted by Gasteiger charge is -2.10. The van der Waals surface area contributed by atoms with E-state index in [1.54, 1.807) is 13.3 Å². The third-order valence-electron chi connectivity index (χ3n) is 3.35. The first-order valence-electron chi connectivity index (χ1n) is 7.74. The predicted molar refractivity (Wildman–Crippen MR) is 122 cm³/mol. The fourth-order valence-electron chi connectivity index (χ4n) is 2.29. The summed E-state index contributed by atoms with van der Waals surface area (Å²) in [5.74, 6) is 3.62. The first-order valence-corrected chi connectivity index (χ1v) is 9.89. The minimum atomic E-state index is 0.223. The minimum Gasteiger partial charge on any atom is -0.479 e. The van der Waals surface area contributed by atoms with Gasteiger partial charge in [-0.2, -0.15) is 10.4 Å². The lowest BCUT2D eigenvalue weighted by Crippen LogP contribution is -2.04. The quantitative estimate of drug-likeness (QED) is 0.229. The maximum atomic E-state index is 9.44. The second-order valence-electron chi connectivity index (χ2n) is 5.37. The average molecular weight is 586 g/mol. The van der Waals surface area contributed by atoms with Gasteiger partial charge in [0.05, 0.1) is 20.0 Å². The van der Waals surface area contributed by atoms with Crippen LogP contribution in [0.5, 0.6) is 5.75 Å². The van der Waals surface area contributed by atoms with E-state index in [1.807, 2.05) is 25.1 Å². The number of methoxy groups -OCH3 is 1. The summed E-state index contributed by atoms with van der Waals surface area (Å²) in [7, 11) is 1.59. The van der Waals surface area contributed by atoms with Gasteiger partial charge in [-0.05, 0) is 75.9 Å². The smallest absolute Gasteiger partial charge is 0.164 e. The maximum absolute atomic E-state index is 9.44. The molecule has 1 aromatic heterocycles. The van der Waals surface area contributed by atoms with Crippen molar-refractivity contribution in [1.29, 1.82) is 5.26 Å². The molecule has 0 aliphatic heterocycles. The molecule has 1 heterocycles. The van der Waals surface area contributed by atoms with Crippen LogP contribution in [-0.2, 0) is 11.3 Å². The molecule has 0 saturated carbocycles. The summed E-state index contributed by atoms with van der Waals surface area (Å²) in [6.07, 6.45) is 6.91. The Morgan fingerprint density at radius 1 is 1.33 bits per heavy atom. The highest BCUT2D eigenvalue weighted by Gasteiger charge is 2.11. The fourth-order valence-corrected chi connectivity index (χ4v) is 4.42. The molecule has 0 atom stereocenters. The highest BCUT2D eigenvalue weighted by atomic mass is 127. The van der Waals surface area contributed by atoms with E-state index in [1.165, 1.54) is 0 Å². The lowest BCUT2D eigenvalue weighted by atomic mass is 10.1. The third kappa shape index (κ3) is 5.79. The monoisotopic (exact) mass is 586 g/mol. The molecule has 8 heteroatoms. The van der Waals surface area contributed by atoms with Gasteiger partial charge in [0.25, 0.3) is 0 Å². The molecule has 1 aromatic carbocycles. The Hall–Kier alpha value is -1.89. The SMILES string of the molecule is C#CCOc1c(I)cc(/C=N/Nc2nc(C)cc(COC)c2C#N)cc1I. The molecule has 0 fully saturated rings. The van der Waals surface area contributed by atoms with Gasteiger partial charge in [0.1, 0.15) is 24.0 Å². The minimum absolute atomic E-state index is 0.223. The Bertz CT molecular complexity index is 923. The number of anilines is 1. The van der Waals surface area contributed by atoms with Crippen molar-refractivity contribution in [2.75, 3.05) is 19.1 Å². The molecule has 0 saturated heterocycles. The zero-order chi connectivity index (χ0) is 19.8. The van der Waals surface area contributed by atoms with E-state index in [9.17, 15) is 5.26 Å². The molecule has 0 spiro atoms. The van der Waals surface area contributed by atoms with Crippen molar-refractivity contribution in [3.05, 3.63) is 47.7 Å². The number of aryl methyl sites for hydroxylation is 1. The van der Waals surface area contributed by atoms with Gasteiger partial charge < -0.3 is 9.47 Å². The molecule has 0 aliphatic carbocycles. The number of hydrogen-bond acceptors (Lipinski definition) is 6. The molecule has 0 bridgehead atoms. The van der Waals surface area contributed by atoms with E-state index in [4.69, 9.17) is 15.9 Å². The van der Waals surface area contributed by atoms with Crippen molar-refractivity contribution in [2.45, 2.75) is 13.5 Å². The van der Waals surface area contributed by atoms with Gasteiger partial charge in [-0.15, -0.1) is 6.42 Å². The van der Waals surface area contributed by atoms with Crippen LogP contribution >= 0.6 is 45.2 Å². The summed E-state index contributed by atoms with van der Waals surface area (Å²) in [5.41, 5.74) is 5.70. The van der Waals surface area contributed by atoms with Crippen LogP contribution in [0.3, 0.4) is 0 Å². The van der Waals surface area contributed by atoms with Gasteiger partial charge in [-0.25, -0.2) is 4.98 Å². The highest BCUT2D eigenvalue weighted by Crippen LogP contribution is 2.28. The van der Waals surface area contributed by atoms with Gasteiger partial charge >= 0.3 is 0 Å². The van der Waals surface area contributed by atoms with Gasteiger partial charge in [0, 0.05) is 18.4 Å². The number of pyridine rings is 1. The van der Waals surface area contributed by atoms with E-state index >= 15 is 0 Å². The van der Waals surface area contributed by atoms with E-state index in [2.05, 4.69) is 72.7 Å². The lowest BCUT2D eigenvalue weighted by molar-refractivity contribution is 0.184. The van der Waals surface area contributed by atoms with Crippen LogP contribution in [0.4, 0.5) is 5.82 Å². The first kappa shape index (κ1) is 21.4. The standard InChI is InChI=1S/C19H16I2N4O2/c1-4-5-27-18-16(20)7-13(8-17(18)21)10-23-25-19-15(9-22)14(11-26-3)6-12(2)24-19/h1,6-8,10H,5,11H2,2-3H3,(H,24,25)/b23-10+. The largest absolute Gasteiger partial charge is 0.479 e. The normalized spacial score (nSPS) is 10.4. The summed E-state index contributed by atoms with van der Waals surface area (Å²) in [4.78, 5) is 4.36. The maximum Gasteiger partial charge on any atom is 0.164 e. The fraction of sp³-hybridized carbons (Fsp3) is 0.211. The zero-order valence-corrected chi connectivity index (χ0v) is 19.0. The van der Waals surface area contributed by atoms with E-state index < -0.39 is 0 Å². The summed E-state index contributed by atoms with van der Waals surface area (Å²) in [6, 6.07) is 7.86. The van der Waals surface area contributed by atoms with E-state index in [0.717, 1.165) is 29.7 Å². The Balaban J connectivity index is 2.23. The number of rotatable bonds is 7. The number of halogens is 2. The van der Waals surface area contributed by atoms with Crippen molar-refractivity contribution >= 4 is 57.2 Å². The molecule has 27 heavy (non-hydrogen) atoms. The third-order valence-corrected chi connectivity index (χ3v) is 4.95. The van der Waals surface area contributed by atoms with Gasteiger partial charge in [-0.3, -0.25) is 5.43 Å². The van der Waals surface area contributed by atoms with Crippen LogP contribution in [0.2, 0.25) is 0 Å². The molecule has 0 radical (unpaired) electrons. The molecule has 0 amide bonds. The Kier molecular flexibility index (Phi) is 8.28. The molecule has 2 rings (SSSR count). The van der Waals surface area contributed by atoms with E-state index in [-0.39, 0.29) is 6.61 Å². The Morgan fingerprint density at radius 3 is 2.63 bits per heavy atom. The summed E-state index contributed by atoms with van der Waals surface area (Å²) >= 11 is 4.39. The molecule has 2 aromatic rings. The van der Waals surface area contributed by atoms with Crippen LogP contribution in [0.25, 0.3) is 0 Å². The van der Waals surface area contributed by atoms with Crippen molar-refractivity contribution in [1.82, 2.24) is 4.98 Å². The van der Waals surface area contributed by atoms with Crippen LogP contribution < -0.4 is 10.2 Å². The second kappa shape index (κ2) is 10.4. The number of hydrazone groups is 1. The van der Waals surface area contributed by atoms with Crippen LogP contribution in [-0.4, -0.2) is 24.9 Å². The molecule has 1 N–H and O–H groups in total. The second-order valence-corrected chi connectivity index (χ2v) is 7.69. The van der Waals surface area contributed by atoms with Crippen molar-refractivity contribution in [3.63, 3.8) is 0 Å². The van der Waals surface area contributed by atoms with Crippen molar-refractivity contribution < 1.29 is 9.47 Å². The van der Waals surface area contributed by atoms with Crippen LogP contribution in [0.15, 0.2) is 23.3 Å². The zero-order valence-electron chi connectivity index (χ0n) is 14.7. The van der Waals surface area contributed by atoms with Crippen molar-refractivity contribution in [2.24, 2.45) is 5.10 Å². The van der Waals surface area contributed by atoms with Gasteiger partial charge in [0.15, 0.2) is 5.82 Å². The van der Waals surface area contributed by atoms with Gasteiger partial charge in [-0.1, -0.05) is 5.92 Å². The van der Waals surface area contributed by atoms with Crippen molar-refractivity contribution in [3.8, 4) is 24.2 Å². The predicted octanol–water partition coefficient (Wildman–Crippen LogP) is 4.08. The molecular weight excluding hydrogens is 570 g/mol. The number of aromatic nitrogens is 1. The summed E-state index contributed by atoms with van der Waals surface area (Å²) in [5, 5.41) is 13.7. The number of nitrogens with zero attached hydrogens (tertiary/aromatic N) is 3. The number of terminal acetylenes is 1.